The van der Waals surface area contributed by atoms with Crippen molar-refractivity contribution in [2.24, 2.45) is 5.41 Å². The third-order valence-electron chi connectivity index (χ3n) is 3.86. The van der Waals surface area contributed by atoms with E-state index in [0.717, 1.165) is 36.0 Å². The second-order valence-electron chi connectivity index (χ2n) is 5.77. The Morgan fingerprint density at radius 3 is 2.89 bits per heavy atom. The molecule has 0 spiro atoms. The molecular weight excluding hydrogens is 309 g/mol. The van der Waals surface area contributed by atoms with Crippen LogP contribution >= 0.6 is 15.9 Å². The normalized spacial score (nSPS) is 23.5. The summed E-state index contributed by atoms with van der Waals surface area (Å²) in [7, 11) is 0. The number of carbonyl (C=O) groups excluding carboxylic acids is 1. The van der Waals surface area contributed by atoms with E-state index in [4.69, 9.17) is 0 Å². The second kappa shape index (κ2) is 5.61. The van der Waals surface area contributed by atoms with E-state index in [1.54, 1.807) is 6.92 Å². The molecule has 1 aromatic rings. The number of hydrogen-bond donors (Lipinski definition) is 0. The van der Waals surface area contributed by atoms with E-state index in [2.05, 4.69) is 22.9 Å². The van der Waals surface area contributed by atoms with Crippen molar-refractivity contribution in [1.29, 1.82) is 0 Å². The van der Waals surface area contributed by atoms with Crippen LogP contribution in [0.25, 0.3) is 0 Å². The van der Waals surface area contributed by atoms with Crippen molar-refractivity contribution >= 4 is 21.8 Å². The maximum Gasteiger partial charge on any atom is 0.219 e. The number of halogens is 2. The molecule has 1 saturated heterocycles. The number of hydrogen-bond acceptors (Lipinski definition) is 1. The van der Waals surface area contributed by atoms with E-state index in [0.29, 0.717) is 6.42 Å². The Bertz CT molecular complexity index is 491. The Kier molecular flexibility index (Phi) is 4.29. The predicted molar refractivity (Wildman–Crippen MR) is 77.4 cm³/mol. The largest absolute Gasteiger partial charge is 0.342 e. The van der Waals surface area contributed by atoms with E-state index in [-0.39, 0.29) is 17.1 Å². The molecule has 0 aliphatic carbocycles. The maximum absolute atomic E-state index is 13.9. The van der Waals surface area contributed by atoms with Crippen LogP contribution < -0.4 is 0 Å². The van der Waals surface area contributed by atoms with Crippen LogP contribution in [0.15, 0.2) is 22.7 Å². The highest BCUT2D eigenvalue weighted by molar-refractivity contribution is 9.10. The van der Waals surface area contributed by atoms with Gasteiger partial charge in [-0.25, -0.2) is 4.39 Å². The Morgan fingerprint density at radius 2 is 2.26 bits per heavy atom. The summed E-state index contributed by atoms with van der Waals surface area (Å²) in [6.07, 6.45) is 2.70. The molecule has 1 unspecified atom stereocenters. The van der Waals surface area contributed by atoms with Gasteiger partial charge in [0.15, 0.2) is 0 Å². The average Bonchev–Trinajstić information content (AvgIpc) is 2.33. The predicted octanol–water partition coefficient (Wildman–Crippen LogP) is 3.78. The lowest BCUT2D eigenvalue weighted by atomic mass is 9.77. The van der Waals surface area contributed by atoms with Gasteiger partial charge in [0.2, 0.25) is 5.91 Å². The van der Waals surface area contributed by atoms with Gasteiger partial charge in [-0.15, -0.1) is 0 Å². The summed E-state index contributed by atoms with van der Waals surface area (Å²) in [4.78, 5) is 13.4. The highest BCUT2D eigenvalue weighted by Gasteiger charge is 2.32. The highest BCUT2D eigenvalue weighted by Crippen LogP contribution is 2.34. The lowest BCUT2D eigenvalue weighted by Crippen LogP contribution is -2.45. The van der Waals surface area contributed by atoms with Crippen molar-refractivity contribution in [3.05, 3.63) is 34.1 Å². The summed E-state index contributed by atoms with van der Waals surface area (Å²) in [5.41, 5.74) is 0.703. The lowest BCUT2D eigenvalue weighted by Gasteiger charge is -2.40. The first-order chi connectivity index (χ1) is 8.89. The van der Waals surface area contributed by atoms with Gasteiger partial charge in [-0.05, 0) is 42.4 Å². The Balaban J connectivity index is 2.14. The highest BCUT2D eigenvalue weighted by atomic mass is 79.9. The first-order valence-corrected chi connectivity index (χ1v) is 7.38. The van der Waals surface area contributed by atoms with Gasteiger partial charge >= 0.3 is 0 Å². The number of benzene rings is 1. The van der Waals surface area contributed by atoms with Crippen LogP contribution in [0.3, 0.4) is 0 Å². The summed E-state index contributed by atoms with van der Waals surface area (Å²) in [6.45, 7) is 5.29. The number of carbonyl (C=O) groups is 1. The molecule has 0 bridgehead atoms. The first kappa shape index (κ1) is 14.5. The summed E-state index contributed by atoms with van der Waals surface area (Å²) in [6, 6.07) is 5.20. The molecule has 2 rings (SSSR count). The molecule has 1 aromatic carbocycles. The zero-order valence-corrected chi connectivity index (χ0v) is 13.0. The monoisotopic (exact) mass is 327 g/mol. The molecular formula is C15H19BrFNO. The van der Waals surface area contributed by atoms with Crippen molar-refractivity contribution in [3.63, 3.8) is 0 Å². The van der Waals surface area contributed by atoms with Crippen LogP contribution in [0, 0.1) is 11.2 Å². The number of rotatable bonds is 2. The van der Waals surface area contributed by atoms with Gasteiger partial charge in [0, 0.05) is 24.5 Å². The van der Waals surface area contributed by atoms with Crippen molar-refractivity contribution in [1.82, 2.24) is 4.90 Å². The molecule has 1 atom stereocenters. The Morgan fingerprint density at radius 1 is 1.53 bits per heavy atom. The van der Waals surface area contributed by atoms with Gasteiger partial charge in [-0.2, -0.15) is 0 Å². The fraction of sp³-hybridized carbons (Fsp3) is 0.533. The molecule has 1 heterocycles. The molecule has 0 saturated carbocycles. The van der Waals surface area contributed by atoms with Gasteiger partial charge in [0.1, 0.15) is 5.82 Å². The minimum atomic E-state index is -0.171. The van der Waals surface area contributed by atoms with Crippen LogP contribution in [0.2, 0.25) is 0 Å². The van der Waals surface area contributed by atoms with E-state index in [1.165, 1.54) is 6.07 Å². The van der Waals surface area contributed by atoms with E-state index in [9.17, 15) is 9.18 Å². The first-order valence-electron chi connectivity index (χ1n) is 6.59. The van der Waals surface area contributed by atoms with Crippen molar-refractivity contribution in [2.75, 3.05) is 13.1 Å². The van der Waals surface area contributed by atoms with E-state index < -0.39 is 0 Å². The smallest absolute Gasteiger partial charge is 0.219 e. The number of piperidine rings is 1. The lowest BCUT2D eigenvalue weighted by molar-refractivity contribution is -0.132. The minimum Gasteiger partial charge on any atom is -0.342 e. The fourth-order valence-electron chi connectivity index (χ4n) is 2.85. The van der Waals surface area contributed by atoms with Gasteiger partial charge in [-0.1, -0.05) is 28.9 Å². The molecule has 104 valence electrons. The Hall–Kier alpha value is -0.900. The molecule has 1 aliphatic heterocycles. The van der Waals surface area contributed by atoms with Crippen molar-refractivity contribution in [3.8, 4) is 0 Å². The van der Waals surface area contributed by atoms with Gasteiger partial charge in [0.25, 0.3) is 0 Å². The molecule has 1 amide bonds. The minimum absolute atomic E-state index is 0.0292. The van der Waals surface area contributed by atoms with Crippen LogP contribution in [0.4, 0.5) is 4.39 Å². The van der Waals surface area contributed by atoms with Crippen molar-refractivity contribution < 1.29 is 9.18 Å². The number of likely N-dealkylation sites (tertiary alicyclic amines) is 1. The average molecular weight is 328 g/mol. The zero-order valence-electron chi connectivity index (χ0n) is 11.4. The van der Waals surface area contributed by atoms with Crippen LogP contribution in [0.1, 0.15) is 32.3 Å². The van der Waals surface area contributed by atoms with E-state index in [1.807, 2.05) is 17.0 Å². The third kappa shape index (κ3) is 3.56. The van der Waals surface area contributed by atoms with Gasteiger partial charge < -0.3 is 4.90 Å². The SMILES string of the molecule is CC(=O)N1CCCC(C)(Cc2ccc(Br)cc2F)C1. The summed E-state index contributed by atoms with van der Waals surface area (Å²) in [5.74, 6) is -0.0576. The van der Waals surface area contributed by atoms with Crippen molar-refractivity contribution in [2.45, 2.75) is 33.1 Å². The molecule has 19 heavy (non-hydrogen) atoms. The molecule has 4 heteroatoms. The third-order valence-corrected chi connectivity index (χ3v) is 4.35. The molecule has 0 aromatic heterocycles. The number of nitrogens with zero attached hydrogens (tertiary/aromatic N) is 1. The van der Waals surface area contributed by atoms with Gasteiger partial charge in [-0.3, -0.25) is 4.79 Å². The summed E-state index contributed by atoms with van der Waals surface area (Å²) < 4.78 is 14.7. The van der Waals surface area contributed by atoms with Crippen LogP contribution in [-0.4, -0.2) is 23.9 Å². The van der Waals surface area contributed by atoms with Gasteiger partial charge in [0.05, 0.1) is 0 Å². The molecule has 1 fully saturated rings. The second-order valence-corrected chi connectivity index (χ2v) is 6.68. The summed E-state index contributed by atoms with van der Waals surface area (Å²) >= 11 is 3.27. The van der Waals surface area contributed by atoms with E-state index >= 15 is 0 Å². The molecule has 1 aliphatic rings. The fourth-order valence-corrected chi connectivity index (χ4v) is 3.19. The molecule has 2 nitrogen and oxygen atoms in total. The topological polar surface area (TPSA) is 20.3 Å². The standard InChI is InChI=1S/C15H19BrFNO/c1-11(19)18-7-3-6-15(2,10-18)9-12-4-5-13(16)8-14(12)17/h4-5,8H,3,6-7,9-10H2,1-2H3. The van der Waals surface area contributed by atoms with Crippen LogP contribution in [-0.2, 0) is 11.2 Å². The van der Waals surface area contributed by atoms with Crippen LogP contribution in [0.5, 0.6) is 0 Å². The quantitative estimate of drug-likeness (QED) is 0.809. The maximum atomic E-state index is 13.9. The molecule has 0 N–H and O–H groups in total. The molecule has 0 radical (unpaired) electrons. The number of amides is 1. The Labute approximate surface area is 122 Å². The zero-order chi connectivity index (χ0) is 14.0. The summed E-state index contributed by atoms with van der Waals surface area (Å²) in [5, 5.41) is 0.